The molecule has 9 nitrogen and oxygen atoms in total. The molecule has 0 bridgehead atoms. The highest BCUT2D eigenvalue weighted by Crippen LogP contribution is 2.23. The Hall–Kier alpha value is -4.05. The number of para-hydroxylation sites is 1. The lowest BCUT2D eigenvalue weighted by Gasteiger charge is -2.11. The van der Waals surface area contributed by atoms with E-state index in [1.54, 1.807) is 31.2 Å². The van der Waals surface area contributed by atoms with Crippen molar-refractivity contribution in [1.29, 1.82) is 0 Å². The van der Waals surface area contributed by atoms with Crippen molar-refractivity contribution in [2.45, 2.75) is 13.5 Å². The number of hydrogen-bond acceptors (Lipinski definition) is 7. The van der Waals surface area contributed by atoms with Crippen LogP contribution in [0.25, 0.3) is 15.5 Å². The van der Waals surface area contributed by atoms with E-state index in [2.05, 4.69) is 20.7 Å². The Balaban J connectivity index is 1.47. The quantitative estimate of drug-likeness (QED) is 0.437. The zero-order chi connectivity index (χ0) is 22.5. The third-order valence-corrected chi connectivity index (χ3v) is 5.38. The van der Waals surface area contributed by atoms with Crippen LogP contribution >= 0.6 is 11.3 Å². The number of hydrogen-bond donors (Lipinski definition) is 2. The summed E-state index contributed by atoms with van der Waals surface area (Å²) in [4.78, 5) is 41.7. The summed E-state index contributed by atoms with van der Waals surface area (Å²) >= 11 is 1.29. The summed E-state index contributed by atoms with van der Waals surface area (Å²) in [5, 5.41) is 10.3. The van der Waals surface area contributed by atoms with Crippen LogP contribution in [-0.2, 0) is 11.3 Å². The third-order valence-electron chi connectivity index (χ3n) is 4.42. The van der Waals surface area contributed by atoms with E-state index in [0.717, 1.165) is 5.56 Å². The van der Waals surface area contributed by atoms with Crippen molar-refractivity contribution in [2.75, 3.05) is 11.9 Å². The van der Waals surface area contributed by atoms with Gasteiger partial charge < -0.3 is 15.4 Å². The summed E-state index contributed by atoms with van der Waals surface area (Å²) in [6.45, 7) is 1.96. The van der Waals surface area contributed by atoms with Crippen LogP contribution in [0.4, 0.5) is 10.5 Å². The minimum absolute atomic E-state index is 0.0255. The van der Waals surface area contributed by atoms with E-state index in [4.69, 9.17) is 4.74 Å². The topological polar surface area (TPSA) is 115 Å². The molecule has 32 heavy (non-hydrogen) atoms. The van der Waals surface area contributed by atoms with Gasteiger partial charge in [0.15, 0.2) is 0 Å². The van der Waals surface area contributed by atoms with Crippen LogP contribution in [0.5, 0.6) is 0 Å². The van der Waals surface area contributed by atoms with Crippen molar-refractivity contribution in [2.24, 2.45) is 0 Å². The van der Waals surface area contributed by atoms with Gasteiger partial charge in [0, 0.05) is 11.6 Å². The molecule has 2 aromatic heterocycles. The summed E-state index contributed by atoms with van der Waals surface area (Å²) in [6.07, 6.45) is 0. The highest BCUT2D eigenvalue weighted by molar-refractivity contribution is 7.19. The molecule has 10 heteroatoms. The number of anilines is 1. The monoisotopic (exact) mass is 449 g/mol. The Bertz CT molecular complexity index is 1330. The van der Waals surface area contributed by atoms with Crippen molar-refractivity contribution in [3.63, 3.8) is 0 Å². The van der Waals surface area contributed by atoms with Gasteiger partial charge in [0.2, 0.25) is 4.96 Å². The molecule has 0 aliphatic rings. The van der Waals surface area contributed by atoms with Crippen LogP contribution in [0, 0.1) is 0 Å². The van der Waals surface area contributed by atoms with Gasteiger partial charge in [0.25, 0.3) is 5.56 Å². The summed E-state index contributed by atoms with van der Waals surface area (Å²) in [6, 6.07) is 16.8. The molecule has 0 atom stereocenters. The van der Waals surface area contributed by atoms with Gasteiger partial charge in [0.1, 0.15) is 5.01 Å². The van der Waals surface area contributed by atoms with Gasteiger partial charge in [-0.2, -0.15) is 9.61 Å². The highest BCUT2D eigenvalue weighted by atomic mass is 32.1. The Morgan fingerprint density at radius 1 is 1.09 bits per heavy atom. The number of ether oxygens (including phenoxy) is 1. The van der Waals surface area contributed by atoms with Crippen LogP contribution in [0.3, 0.4) is 0 Å². The molecule has 2 heterocycles. The van der Waals surface area contributed by atoms with Crippen LogP contribution in [0.1, 0.15) is 23.0 Å². The van der Waals surface area contributed by atoms with Crippen molar-refractivity contribution in [3.05, 3.63) is 82.3 Å². The number of benzene rings is 2. The molecule has 0 fully saturated rings. The normalized spacial score (nSPS) is 10.7. The molecule has 162 valence electrons. The zero-order valence-corrected chi connectivity index (χ0v) is 17.9. The highest BCUT2D eigenvalue weighted by Gasteiger charge is 2.15. The number of nitrogens with one attached hydrogen (secondary N) is 2. The smallest absolute Gasteiger partial charge is 0.340 e. The molecule has 0 spiro atoms. The van der Waals surface area contributed by atoms with Gasteiger partial charge in [-0.25, -0.2) is 14.6 Å². The summed E-state index contributed by atoms with van der Waals surface area (Å²) in [5.41, 5.74) is 1.52. The predicted molar refractivity (Wildman–Crippen MR) is 121 cm³/mol. The van der Waals surface area contributed by atoms with E-state index in [0.29, 0.717) is 21.3 Å². The summed E-state index contributed by atoms with van der Waals surface area (Å²) in [7, 11) is 0. The number of esters is 1. The predicted octanol–water partition coefficient (Wildman–Crippen LogP) is 3.32. The van der Waals surface area contributed by atoms with Crippen molar-refractivity contribution < 1.29 is 14.3 Å². The molecule has 0 saturated carbocycles. The van der Waals surface area contributed by atoms with Gasteiger partial charge in [0.05, 0.1) is 30.1 Å². The van der Waals surface area contributed by atoms with Crippen LogP contribution in [-0.4, -0.2) is 33.2 Å². The maximum absolute atomic E-state index is 12.4. The number of fused-ring (bicyclic) bond motifs is 1. The molecular weight excluding hydrogens is 430 g/mol. The zero-order valence-electron chi connectivity index (χ0n) is 17.1. The number of carbonyl (C=O) groups is 2. The van der Waals surface area contributed by atoms with E-state index in [1.165, 1.54) is 21.9 Å². The molecule has 0 aliphatic heterocycles. The van der Waals surface area contributed by atoms with Crippen LogP contribution < -0.4 is 16.2 Å². The van der Waals surface area contributed by atoms with Crippen molar-refractivity contribution in [1.82, 2.24) is 19.9 Å². The largest absolute Gasteiger partial charge is 0.462 e. The van der Waals surface area contributed by atoms with E-state index in [9.17, 15) is 14.4 Å². The number of amides is 2. The van der Waals surface area contributed by atoms with Crippen LogP contribution in [0.15, 0.2) is 65.5 Å². The van der Waals surface area contributed by atoms with Crippen molar-refractivity contribution in [3.8, 4) is 10.6 Å². The minimum atomic E-state index is -0.543. The Kier molecular flexibility index (Phi) is 6.22. The number of nitrogens with zero attached hydrogens (tertiary/aromatic N) is 3. The Morgan fingerprint density at radius 2 is 1.84 bits per heavy atom. The fourth-order valence-corrected chi connectivity index (χ4v) is 3.89. The van der Waals surface area contributed by atoms with E-state index < -0.39 is 12.0 Å². The second-order valence-corrected chi connectivity index (χ2v) is 7.58. The molecule has 0 radical (unpaired) electrons. The maximum atomic E-state index is 12.4. The fraction of sp³-hybridized carbons (Fsp3) is 0.136. The van der Waals surface area contributed by atoms with Gasteiger partial charge in [-0.05, 0) is 19.1 Å². The molecule has 0 saturated heterocycles. The molecule has 0 aliphatic carbocycles. The second-order valence-electron chi connectivity index (χ2n) is 6.63. The molecule has 2 N–H and O–H groups in total. The number of carbonyl (C=O) groups excluding carboxylic acids is 2. The summed E-state index contributed by atoms with van der Waals surface area (Å²) < 4.78 is 6.25. The van der Waals surface area contributed by atoms with Gasteiger partial charge in [-0.15, -0.1) is 0 Å². The van der Waals surface area contributed by atoms with Crippen molar-refractivity contribution >= 4 is 34.0 Å². The maximum Gasteiger partial charge on any atom is 0.340 e. The van der Waals surface area contributed by atoms with Gasteiger partial charge in [-0.3, -0.25) is 4.79 Å². The van der Waals surface area contributed by atoms with E-state index >= 15 is 0 Å². The summed E-state index contributed by atoms with van der Waals surface area (Å²) in [5.74, 6) is -0.525. The average Bonchev–Trinajstić information content (AvgIpc) is 3.24. The van der Waals surface area contributed by atoms with E-state index in [-0.39, 0.29) is 24.3 Å². The second kappa shape index (κ2) is 9.40. The van der Waals surface area contributed by atoms with E-state index in [1.807, 2.05) is 30.3 Å². The molecular formula is C22H19N5O4S. The molecule has 4 aromatic rings. The number of rotatable bonds is 6. The first-order chi connectivity index (χ1) is 15.5. The standard InChI is InChI=1S/C22H19N5O4S/c1-2-31-20(29)16-10-6-7-11-17(16)25-21(30)23-13-15-12-18(28)27-22(24-15)32-19(26-27)14-8-4-3-5-9-14/h3-12H,2,13H2,1H3,(H2,23,25,30). The lowest BCUT2D eigenvalue weighted by molar-refractivity contribution is 0.0527. The van der Waals surface area contributed by atoms with Crippen LogP contribution in [0.2, 0.25) is 0 Å². The first-order valence-electron chi connectivity index (χ1n) is 9.81. The minimum Gasteiger partial charge on any atom is -0.462 e. The third kappa shape index (κ3) is 4.65. The van der Waals surface area contributed by atoms with Gasteiger partial charge in [-0.1, -0.05) is 53.8 Å². The average molecular weight is 449 g/mol. The lowest BCUT2D eigenvalue weighted by atomic mass is 10.2. The number of urea groups is 1. The molecule has 2 amide bonds. The van der Waals surface area contributed by atoms with Gasteiger partial charge >= 0.3 is 12.0 Å². The lowest BCUT2D eigenvalue weighted by Crippen LogP contribution is -2.30. The Morgan fingerprint density at radius 3 is 2.62 bits per heavy atom. The first-order valence-corrected chi connectivity index (χ1v) is 10.6. The Labute approximate surface area is 186 Å². The molecule has 2 aromatic carbocycles. The SMILES string of the molecule is CCOC(=O)c1ccccc1NC(=O)NCc1cc(=O)n2nc(-c3ccccc3)sc2n1. The number of aromatic nitrogens is 3. The molecule has 0 unspecified atom stereocenters. The first kappa shape index (κ1) is 21.2. The molecule has 4 rings (SSSR count). The fourth-order valence-electron chi connectivity index (χ4n) is 2.96.